The van der Waals surface area contributed by atoms with Crippen molar-refractivity contribution in [1.82, 2.24) is 0 Å². The number of nitrogens with zero attached hydrogens (tertiary/aromatic N) is 4. The van der Waals surface area contributed by atoms with E-state index in [1.165, 1.54) is 24.3 Å². The van der Waals surface area contributed by atoms with Crippen molar-refractivity contribution in [2.75, 3.05) is 30.5 Å². The Labute approximate surface area is 345 Å². The predicted octanol–water partition coefficient (Wildman–Crippen LogP) is 6.16. The Kier molecular flexibility index (Phi) is 14.4. The van der Waals surface area contributed by atoms with E-state index in [2.05, 4.69) is 29.5 Å². The van der Waals surface area contributed by atoms with E-state index in [0.717, 1.165) is 6.07 Å². The van der Waals surface area contributed by atoms with Crippen LogP contribution in [0.5, 0.6) is 5.75 Å². The molecule has 0 fully saturated rings. The minimum atomic E-state index is -5.80. The zero-order valence-electron chi connectivity index (χ0n) is 29.2. The molecule has 0 unspecified atom stereocenters. The van der Waals surface area contributed by atoms with Gasteiger partial charge in [0.1, 0.15) is 43.7 Å². The number of nitrogen functional groups attached to an aromatic ring is 1. The predicted molar refractivity (Wildman–Crippen MR) is 212 cm³/mol. The molecule has 0 spiro atoms. The van der Waals surface area contributed by atoms with Gasteiger partial charge in [0.2, 0.25) is 0 Å². The van der Waals surface area contributed by atoms with Crippen LogP contribution in [-0.2, 0) is 53.7 Å². The van der Waals surface area contributed by atoms with Crippen molar-refractivity contribution in [3.8, 4) is 5.75 Å². The second-order valence-electron chi connectivity index (χ2n) is 11.6. The number of anilines is 1. The zero-order chi connectivity index (χ0) is 45.3. The standard InChI is InChI=1S/C26H31N5O22S7/c27-23-22-14(11-20(57(38,39)40)24(23)30-28-15-1-3-16(4-2-15)54-53-51-8-10-60(47,48,49)50)12-21(58(41,42)43)25(26(22)32)31-29-18-6-5-17(13-19(18)56(35,36)37)55(33,34)9-7-52-59(44,45)46/h1-6,11-13,32,35-40H,7-10,27H2,(H,41,42,43)(H,44,45,46)(H3,47,48,49,50). The summed E-state index contributed by atoms with van der Waals surface area (Å²) in [6.07, 6.45) is 0. The number of hydrogen-bond donors (Lipinski definition) is 13. The molecule has 0 heterocycles. The highest BCUT2D eigenvalue weighted by Gasteiger charge is 2.31. The minimum absolute atomic E-state index is 0.0279. The third-order valence-corrected chi connectivity index (χ3v) is 13.5. The highest BCUT2D eigenvalue weighted by atomic mass is 32.3. The number of nitrogens with two attached hydrogens (primary N) is 1. The van der Waals surface area contributed by atoms with Crippen LogP contribution in [0.1, 0.15) is 0 Å². The van der Waals surface area contributed by atoms with E-state index >= 15 is 0 Å². The lowest BCUT2D eigenvalue weighted by atomic mass is 10.1. The maximum Gasteiger partial charge on any atom is 0.397 e. The molecule has 0 atom stereocenters. The van der Waals surface area contributed by atoms with Gasteiger partial charge in [-0.1, -0.05) is 0 Å². The largest absolute Gasteiger partial charge is 0.505 e. The lowest BCUT2D eigenvalue weighted by molar-refractivity contribution is -0.185. The summed E-state index contributed by atoms with van der Waals surface area (Å²) in [6.45, 7) is -1.77. The summed E-state index contributed by atoms with van der Waals surface area (Å²) >= 11 is 0.579. The Morgan fingerprint density at radius 1 is 0.700 bits per heavy atom. The number of phenols is 1. The third-order valence-electron chi connectivity index (χ3n) is 7.12. The molecule has 34 heteroatoms. The maximum absolute atomic E-state index is 12.7. The van der Waals surface area contributed by atoms with Gasteiger partial charge in [0, 0.05) is 4.90 Å². The second kappa shape index (κ2) is 17.7. The summed E-state index contributed by atoms with van der Waals surface area (Å²) < 4.78 is 198. The Hall–Kier alpha value is -3.57. The van der Waals surface area contributed by atoms with Crippen molar-refractivity contribution >= 4 is 113 Å². The van der Waals surface area contributed by atoms with Gasteiger partial charge in [-0.05, 0) is 60.0 Å². The van der Waals surface area contributed by atoms with Crippen LogP contribution in [0.4, 0.5) is 28.4 Å². The number of phenolic OH excluding ortho intramolecular Hbond substituents is 1. The first-order valence-electron chi connectivity index (χ1n) is 15.1. The molecule has 27 nitrogen and oxygen atoms in total. The smallest absolute Gasteiger partial charge is 0.397 e. The molecule has 0 saturated carbocycles. The van der Waals surface area contributed by atoms with Gasteiger partial charge in [-0.2, -0.15) is 26.3 Å². The number of aromatic hydroxyl groups is 1. The van der Waals surface area contributed by atoms with E-state index in [-0.39, 0.29) is 5.69 Å². The molecule has 0 aliphatic rings. The van der Waals surface area contributed by atoms with Gasteiger partial charge in [0.25, 0.3) is 10.1 Å². The van der Waals surface area contributed by atoms with Crippen molar-refractivity contribution in [1.29, 1.82) is 0 Å². The summed E-state index contributed by atoms with van der Waals surface area (Å²) in [6, 6.07) is 8.61. The average Bonchev–Trinajstić information content (AvgIpc) is 3.08. The van der Waals surface area contributed by atoms with E-state index in [4.69, 9.17) is 28.3 Å². The molecule has 334 valence electrons. The van der Waals surface area contributed by atoms with Crippen LogP contribution in [0.15, 0.2) is 99.5 Å². The SMILES string of the molecule is Nc1c(N=Nc2ccc(SOOCCS(=O)(O)(O)O)cc2)c(S(O)(O)O)cc2cc(S(=O)(=O)O)c(N=Nc3ccc(S(=O)(=O)CCOS(=O)(=O)O)cc3S(O)(O)O)c(O)c12. The van der Waals surface area contributed by atoms with E-state index in [1.807, 2.05) is 0 Å². The normalized spacial score (nSPS) is 14.8. The topological polar surface area (TPSA) is 465 Å². The zero-order valence-corrected chi connectivity index (χ0v) is 34.9. The van der Waals surface area contributed by atoms with Gasteiger partial charge < -0.3 is 38.2 Å². The van der Waals surface area contributed by atoms with Crippen LogP contribution in [-0.4, -0.2) is 109 Å². The van der Waals surface area contributed by atoms with Crippen molar-refractivity contribution in [2.45, 2.75) is 24.5 Å². The van der Waals surface area contributed by atoms with E-state index < -0.39 is 146 Å². The van der Waals surface area contributed by atoms with Gasteiger partial charge in [0.15, 0.2) is 25.5 Å². The molecule has 14 N–H and O–H groups in total. The molecule has 0 aliphatic carbocycles. The van der Waals surface area contributed by atoms with Crippen LogP contribution in [0.25, 0.3) is 10.8 Å². The molecular weight excluding hydrogens is 959 g/mol. The summed E-state index contributed by atoms with van der Waals surface area (Å²) in [4.78, 5) is 0.980. The van der Waals surface area contributed by atoms with Crippen molar-refractivity contribution in [3.05, 3.63) is 54.6 Å². The lowest BCUT2D eigenvalue weighted by Gasteiger charge is -2.23. The van der Waals surface area contributed by atoms with E-state index in [9.17, 15) is 66.4 Å². The van der Waals surface area contributed by atoms with Crippen molar-refractivity contribution in [2.24, 2.45) is 20.5 Å². The maximum atomic E-state index is 12.7. The molecule has 60 heavy (non-hydrogen) atoms. The van der Waals surface area contributed by atoms with Crippen LogP contribution in [0, 0.1) is 0 Å². The van der Waals surface area contributed by atoms with Crippen LogP contribution >= 0.6 is 33.8 Å². The number of azo groups is 2. The number of benzene rings is 4. The molecule has 4 aromatic rings. The first-order valence-corrected chi connectivity index (χ1v) is 25.3. The Morgan fingerprint density at radius 3 is 1.83 bits per heavy atom. The molecule has 4 rings (SSSR count). The molecule has 0 saturated heterocycles. The second-order valence-corrected chi connectivity index (χ2v) is 22.2. The fraction of sp³-hybridized carbons (Fsp3) is 0.154. The van der Waals surface area contributed by atoms with Gasteiger partial charge in [-0.3, -0.25) is 22.8 Å². The Morgan fingerprint density at radius 2 is 1.28 bits per heavy atom. The quantitative estimate of drug-likeness (QED) is 0.0101. The number of rotatable bonds is 18. The molecule has 0 radical (unpaired) electrons. The minimum Gasteiger partial charge on any atom is -0.505 e. The summed E-state index contributed by atoms with van der Waals surface area (Å²) in [5.41, 5.74) is 2.93. The molecular formula is C26H31N5O22S7. The molecule has 0 aliphatic heterocycles. The highest BCUT2D eigenvalue weighted by Crippen LogP contribution is 2.56. The van der Waals surface area contributed by atoms with Gasteiger partial charge >= 0.3 is 10.4 Å². The van der Waals surface area contributed by atoms with Crippen molar-refractivity contribution < 1.29 is 98.1 Å². The fourth-order valence-electron chi connectivity index (χ4n) is 4.53. The Bertz CT molecular complexity index is 2760. The van der Waals surface area contributed by atoms with Crippen molar-refractivity contribution in [3.63, 3.8) is 0 Å². The molecule has 0 aromatic heterocycles. The fourth-order valence-corrected chi connectivity index (χ4v) is 8.94. The third kappa shape index (κ3) is 13.5. The number of fused-ring (bicyclic) bond motifs is 1. The number of sulfone groups is 1. The van der Waals surface area contributed by atoms with Crippen LogP contribution < -0.4 is 5.73 Å². The average molecular weight is 990 g/mol. The lowest BCUT2D eigenvalue weighted by Crippen LogP contribution is -2.36. The molecule has 0 amide bonds. The Balaban J connectivity index is 1.77. The highest BCUT2D eigenvalue weighted by molar-refractivity contribution is 8.19. The van der Waals surface area contributed by atoms with E-state index in [0.29, 0.717) is 41.2 Å². The summed E-state index contributed by atoms with van der Waals surface area (Å²) in [5, 5.41) is 25.1. The van der Waals surface area contributed by atoms with Gasteiger partial charge in [-0.25, -0.2) is 21.7 Å². The first-order chi connectivity index (χ1) is 27.2. The van der Waals surface area contributed by atoms with Crippen LogP contribution in [0.2, 0.25) is 0 Å². The monoisotopic (exact) mass is 989 g/mol. The first kappa shape index (κ1) is 49.1. The van der Waals surface area contributed by atoms with Gasteiger partial charge in [-0.15, -0.1) is 15.3 Å². The molecule has 4 aromatic carbocycles. The number of hydrogen-bond acceptors (Lipinski definition) is 23. The van der Waals surface area contributed by atoms with Gasteiger partial charge in [0.05, 0.1) is 68.2 Å². The molecule has 0 bridgehead atoms. The summed E-state index contributed by atoms with van der Waals surface area (Å²) in [7, 11) is -30.4. The summed E-state index contributed by atoms with van der Waals surface area (Å²) in [5.74, 6) is -3.38. The van der Waals surface area contributed by atoms with E-state index in [1.54, 1.807) is 0 Å². The van der Waals surface area contributed by atoms with Crippen LogP contribution in [0.3, 0.4) is 0 Å².